The summed E-state index contributed by atoms with van der Waals surface area (Å²) in [4.78, 5) is 25.4. The summed E-state index contributed by atoms with van der Waals surface area (Å²) in [6.07, 6.45) is -0.658. The number of ether oxygens (including phenoxy) is 1. The molecule has 1 saturated heterocycles. The highest BCUT2D eigenvalue weighted by Crippen LogP contribution is 2.25. The molecule has 0 aliphatic carbocycles. The number of amides is 3. The van der Waals surface area contributed by atoms with Gasteiger partial charge >= 0.3 is 6.03 Å². The molecule has 148 valence electrons. The first kappa shape index (κ1) is 19.7. The summed E-state index contributed by atoms with van der Waals surface area (Å²) in [5.74, 6) is 3.31. The molecule has 1 fully saturated rings. The Morgan fingerprint density at radius 3 is 2.61 bits per heavy atom. The Morgan fingerprint density at radius 1 is 1.18 bits per heavy atom. The molecule has 3 rings (SSSR count). The molecule has 0 bridgehead atoms. The van der Waals surface area contributed by atoms with Crippen molar-refractivity contribution in [2.24, 2.45) is 5.84 Å². The fourth-order valence-electron chi connectivity index (χ4n) is 2.93. The maximum atomic E-state index is 14.0. The number of nitrogens with zero attached hydrogens (tertiary/aromatic N) is 1. The molecule has 1 heterocycles. The molecule has 3 amide bonds. The molecule has 9 heteroatoms. The van der Waals surface area contributed by atoms with E-state index in [2.05, 4.69) is 5.32 Å². The molecule has 1 aliphatic heterocycles. The fraction of sp³-hybridized carbons (Fsp3) is 0.263. The summed E-state index contributed by atoms with van der Waals surface area (Å²) in [5.41, 5.74) is 3.47. The van der Waals surface area contributed by atoms with E-state index in [1.165, 1.54) is 11.0 Å². The topological polar surface area (TPSA) is 96.7 Å². The van der Waals surface area contributed by atoms with Gasteiger partial charge in [-0.25, -0.2) is 19.4 Å². The van der Waals surface area contributed by atoms with Crippen molar-refractivity contribution in [1.82, 2.24) is 15.6 Å². The Balaban J connectivity index is 1.57. The fourth-order valence-corrected chi connectivity index (χ4v) is 2.93. The molecule has 1 atom stereocenters. The highest BCUT2D eigenvalue weighted by molar-refractivity contribution is 5.93. The number of morpholine rings is 1. The van der Waals surface area contributed by atoms with Crippen molar-refractivity contribution in [3.8, 4) is 0 Å². The Morgan fingerprint density at radius 2 is 1.93 bits per heavy atom. The average Bonchev–Trinajstić information content (AvgIpc) is 2.72. The smallest absolute Gasteiger partial charge is 0.317 e. The van der Waals surface area contributed by atoms with Gasteiger partial charge in [-0.15, -0.1) is 0 Å². The highest BCUT2D eigenvalue weighted by Gasteiger charge is 2.27. The molecule has 28 heavy (non-hydrogen) atoms. The lowest BCUT2D eigenvalue weighted by atomic mass is 10.1. The van der Waals surface area contributed by atoms with E-state index in [0.717, 1.165) is 17.7 Å². The SMILES string of the molecule is NNC(=O)c1ccc(CNC(=O)N2CCOC(c3ccc(F)cc3F)C2)cc1. The molecule has 0 saturated carbocycles. The van der Waals surface area contributed by atoms with E-state index in [1.807, 2.05) is 5.43 Å². The molecule has 7 nitrogen and oxygen atoms in total. The molecular formula is C19H20F2N4O3. The van der Waals surface area contributed by atoms with Gasteiger partial charge < -0.3 is 15.0 Å². The van der Waals surface area contributed by atoms with Crippen molar-refractivity contribution >= 4 is 11.9 Å². The van der Waals surface area contributed by atoms with Gasteiger partial charge in [0.25, 0.3) is 5.91 Å². The van der Waals surface area contributed by atoms with E-state index >= 15 is 0 Å². The van der Waals surface area contributed by atoms with E-state index in [-0.39, 0.29) is 31.3 Å². The van der Waals surface area contributed by atoms with E-state index in [4.69, 9.17) is 10.6 Å². The van der Waals surface area contributed by atoms with E-state index in [0.29, 0.717) is 12.1 Å². The lowest BCUT2D eigenvalue weighted by Gasteiger charge is -2.33. The van der Waals surface area contributed by atoms with Crippen LogP contribution in [0.5, 0.6) is 0 Å². The van der Waals surface area contributed by atoms with Crippen molar-refractivity contribution in [3.05, 3.63) is 70.8 Å². The maximum Gasteiger partial charge on any atom is 0.317 e. The van der Waals surface area contributed by atoms with Gasteiger partial charge in [0.15, 0.2) is 0 Å². The minimum Gasteiger partial charge on any atom is -0.370 e. The molecule has 1 aliphatic rings. The van der Waals surface area contributed by atoms with Crippen LogP contribution in [0.15, 0.2) is 42.5 Å². The number of nitrogens with two attached hydrogens (primary N) is 1. The van der Waals surface area contributed by atoms with Crippen LogP contribution in [-0.4, -0.2) is 36.5 Å². The summed E-state index contributed by atoms with van der Waals surface area (Å²) in [5, 5.41) is 2.78. The normalized spacial score (nSPS) is 16.5. The second kappa shape index (κ2) is 8.77. The number of urea groups is 1. The van der Waals surface area contributed by atoms with Gasteiger partial charge in [0.2, 0.25) is 0 Å². The molecule has 2 aromatic rings. The van der Waals surface area contributed by atoms with Crippen molar-refractivity contribution in [1.29, 1.82) is 0 Å². The number of hydrazine groups is 1. The maximum absolute atomic E-state index is 14.0. The summed E-state index contributed by atoms with van der Waals surface area (Å²) in [7, 11) is 0. The predicted molar refractivity (Wildman–Crippen MR) is 97.0 cm³/mol. The lowest BCUT2D eigenvalue weighted by Crippen LogP contribution is -2.47. The molecule has 4 N–H and O–H groups in total. The molecule has 2 aromatic carbocycles. The highest BCUT2D eigenvalue weighted by atomic mass is 19.1. The first-order chi connectivity index (χ1) is 13.5. The molecule has 0 aromatic heterocycles. The third-order valence-electron chi connectivity index (χ3n) is 4.45. The molecule has 1 unspecified atom stereocenters. The number of halogens is 2. The number of hydrogen-bond acceptors (Lipinski definition) is 4. The second-order valence-electron chi connectivity index (χ2n) is 6.30. The summed E-state index contributed by atoms with van der Waals surface area (Å²) in [6, 6.07) is 9.59. The summed E-state index contributed by atoms with van der Waals surface area (Å²) in [6.45, 7) is 1.03. The van der Waals surface area contributed by atoms with E-state index in [9.17, 15) is 18.4 Å². The van der Waals surface area contributed by atoms with Crippen LogP contribution in [0.1, 0.15) is 27.6 Å². The van der Waals surface area contributed by atoms with E-state index in [1.54, 1.807) is 24.3 Å². The number of rotatable bonds is 4. The molecule has 0 spiro atoms. The van der Waals surface area contributed by atoms with Crippen molar-refractivity contribution < 1.29 is 23.1 Å². The van der Waals surface area contributed by atoms with Crippen LogP contribution in [0, 0.1) is 11.6 Å². The number of hydrogen-bond donors (Lipinski definition) is 3. The zero-order valence-electron chi connectivity index (χ0n) is 15.0. The van der Waals surface area contributed by atoms with E-state index < -0.39 is 23.6 Å². The van der Waals surface area contributed by atoms with Gasteiger partial charge in [-0.1, -0.05) is 18.2 Å². The third-order valence-corrected chi connectivity index (χ3v) is 4.45. The van der Waals surface area contributed by atoms with Gasteiger partial charge in [0.1, 0.15) is 17.7 Å². The van der Waals surface area contributed by atoms with Gasteiger partial charge in [0.05, 0.1) is 13.2 Å². The van der Waals surface area contributed by atoms with Crippen LogP contribution in [0.4, 0.5) is 13.6 Å². The van der Waals surface area contributed by atoms with Crippen LogP contribution >= 0.6 is 0 Å². The first-order valence-electron chi connectivity index (χ1n) is 8.67. The monoisotopic (exact) mass is 390 g/mol. The van der Waals surface area contributed by atoms with Crippen LogP contribution in [-0.2, 0) is 11.3 Å². The Labute approximate surface area is 160 Å². The minimum atomic E-state index is -0.700. The Kier molecular flexibility index (Phi) is 6.17. The first-order valence-corrected chi connectivity index (χ1v) is 8.67. The molecule has 0 radical (unpaired) electrons. The van der Waals surface area contributed by atoms with Crippen LogP contribution < -0.4 is 16.6 Å². The lowest BCUT2D eigenvalue weighted by molar-refractivity contribution is -0.0172. The Bertz CT molecular complexity index is 861. The Hall–Kier alpha value is -3.04. The van der Waals surface area contributed by atoms with Crippen molar-refractivity contribution in [2.45, 2.75) is 12.6 Å². The van der Waals surface area contributed by atoms with Crippen LogP contribution in [0.3, 0.4) is 0 Å². The zero-order chi connectivity index (χ0) is 20.1. The average molecular weight is 390 g/mol. The largest absolute Gasteiger partial charge is 0.370 e. The number of nitrogen functional groups attached to an aromatic ring is 1. The van der Waals surface area contributed by atoms with Crippen LogP contribution in [0.25, 0.3) is 0 Å². The summed E-state index contributed by atoms with van der Waals surface area (Å²) >= 11 is 0. The zero-order valence-corrected chi connectivity index (χ0v) is 15.0. The predicted octanol–water partition coefficient (Wildman–Crippen LogP) is 1.85. The van der Waals surface area contributed by atoms with Gasteiger partial charge in [-0.05, 0) is 23.8 Å². The quantitative estimate of drug-likeness (QED) is 0.422. The number of carbonyl (C=O) groups excluding carboxylic acids is 2. The van der Waals surface area contributed by atoms with Gasteiger partial charge in [0, 0.05) is 30.3 Å². The number of carbonyl (C=O) groups is 2. The van der Waals surface area contributed by atoms with Crippen molar-refractivity contribution in [3.63, 3.8) is 0 Å². The van der Waals surface area contributed by atoms with Gasteiger partial charge in [-0.3, -0.25) is 10.2 Å². The number of benzene rings is 2. The van der Waals surface area contributed by atoms with Crippen molar-refractivity contribution in [2.75, 3.05) is 19.7 Å². The van der Waals surface area contributed by atoms with Gasteiger partial charge in [-0.2, -0.15) is 0 Å². The van der Waals surface area contributed by atoms with Crippen LogP contribution in [0.2, 0.25) is 0 Å². The summed E-state index contributed by atoms with van der Waals surface area (Å²) < 4.78 is 32.6. The molecular weight excluding hydrogens is 370 g/mol. The third kappa shape index (κ3) is 4.62. The standard InChI is InChI=1S/C19H20F2N4O3/c20-14-5-6-15(16(21)9-14)17-11-25(7-8-28-17)19(27)23-10-12-1-3-13(4-2-12)18(26)24-22/h1-6,9,17H,7-8,10-11,22H2,(H,23,27)(H,24,26). The number of nitrogens with one attached hydrogen (secondary N) is 2. The second-order valence-corrected chi connectivity index (χ2v) is 6.30. The minimum absolute atomic E-state index is 0.157.